The summed E-state index contributed by atoms with van der Waals surface area (Å²) in [6.07, 6.45) is 4.31. The van der Waals surface area contributed by atoms with Crippen LogP contribution in [-0.2, 0) is 21.1 Å². The fourth-order valence-corrected chi connectivity index (χ4v) is 5.86. The molecule has 2 aromatic rings. The van der Waals surface area contributed by atoms with E-state index >= 15 is 0 Å². The lowest BCUT2D eigenvalue weighted by molar-refractivity contribution is -0.132. The number of carbonyl (C=O) groups is 1. The zero-order valence-electron chi connectivity index (χ0n) is 17.3. The summed E-state index contributed by atoms with van der Waals surface area (Å²) in [4.78, 5) is 14.9. The molecule has 1 amide bonds. The van der Waals surface area contributed by atoms with Gasteiger partial charge < -0.3 is 9.32 Å². The Bertz CT molecular complexity index is 958. The Morgan fingerprint density at radius 1 is 1.32 bits per heavy atom. The maximum Gasteiger partial charge on any atom is 0.227 e. The summed E-state index contributed by atoms with van der Waals surface area (Å²) in [6.45, 7) is 9.09. The number of unbranched alkanes of at least 4 members (excludes halogenated alkanes) is 1. The van der Waals surface area contributed by atoms with E-state index in [1.807, 2.05) is 6.07 Å². The first-order valence-electron chi connectivity index (χ1n) is 10.2. The van der Waals surface area contributed by atoms with Gasteiger partial charge in [0.1, 0.15) is 5.58 Å². The van der Waals surface area contributed by atoms with E-state index in [2.05, 4.69) is 33.8 Å². The third kappa shape index (κ3) is 4.43. The molecule has 1 aliphatic heterocycles. The van der Waals surface area contributed by atoms with Crippen molar-refractivity contribution in [2.75, 3.05) is 18.1 Å². The van der Waals surface area contributed by atoms with Crippen molar-refractivity contribution < 1.29 is 17.6 Å². The average molecular weight is 406 g/mol. The van der Waals surface area contributed by atoms with E-state index in [-0.39, 0.29) is 29.9 Å². The molecule has 6 heteroatoms. The Balaban J connectivity index is 1.86. The fraction of sp³-hybridized carbons (Fsp3) is 0.591. The standard InChI is InChI=1S/C22H31NO4S/c1-5-6-8-23(18-7-9-28(25,26)14-18)22(24)11-17-13-27-21-10-16(4)19(15(2)3)12-20(17)21/h10,12-13,15,18H,5-9,11,14H2,1-4H3/t18-/m0/s1. The van der Waals surface area contributed by atoms with Crippen LogP contribution < -0.4 is 0 Å². The molecule has 1 saturated heterocycles. The van der Waals surface area contributed by atoms with Gasteiger partial charge in [0.25, 0.3) is 0 Å². The van der Waals surface area contributed by atoms with E-state index in [1.54, 1.807) is 11.2 Å². The average Bonchev–Trinajstić information content (AvgIpc) is 3.17. The molecule has 0 spiro atoms. The second kappa shape index (κ2) is 8.27. The molecule has 0 saturated carbocycles. The minimum Gasteiger partial charge on any atom is -0.464 e. The normalized spacial score (nSPS) is 18.8. The Kier molecular flexibility index (Phi) is 6.18. The van der Waals surface area contributed by atoms with Crippen LogP contribution in [0.2, 0.25) is 0 Å². The van der Waals surface area contributed by atoms with Gasteiger partial charge >= 0.3 is 0 Å². The summed E-state index contributed by atoms with van der Waals surface area (Å²) in [5.74, 6) is 0.655. The number of hydrogen-bond acceptors (Lipinski definition) is 4. The van der Waals surface area contributed by atoms with Gasteiger partial charge in [-0.15, -0.1) is 0 Å². The third-order valence-corrected chi connectivity index (χ3v) is 7.48. The maximum absolute atomic E-state index is 13.1. The molecule has 1 atom stereocenters. The van der Waals surface area contributed by atoms with E-state index in [0.717, 1.165) is 29.4 Å². The van der Waals surface area contributed by atoms with Crippen LogP contribution >= 0.6 is 0 Å². The van der Waals surface area contributed by atoms with Crippen molar-refractivity contribution in [3.63, 3.8) is 0 Å². The molecule has 154 valence electrons. The van der Waals surface area contributed by atoms with Crippen LogP contribution in [0.1, 0.15) is 62.6 Å². The molecular formula is C22H31NO4S. The van der Waals surface area contributed by atoms with Gasteiger partial charge in [0, 0.05) is 23.5 Å². The SMILES string of the molecule is CCCCN(C(=O)Cc1coc2cc(C)c(C(C)C)cc12)[C@H]1CCS(=O)(=O)C1. The van der Waals surface area contributed by atoms with Crippen LogP contribution in [-0.4, -0.2) is 43.3 Å². The molecule has 0 unspecified atom stereocenters. The second-order valence-corrected chi connectivity index (χ2v) is 10.5. The molecule has 1 aromatic heterocycles. The Labute approximate surface area is 168 Å². The molecule has 1 aromatic carbocycles. The van der Waals surface area contributed by atoms with E-state index in [4.69, 9.17) is 4.42 Å². The minimum absolute atomic E-state index is 0.00933. The summed E-state index contributed by atoms with van der Waals surface area (Å²) in [7, 11) is -3.03. The first kappa shape index (κ1) is 20.9. The molecule has 3 rings (SSSR count). The lowest BCUT2D eigenvalue weighted by atomic mass is 9.95. The number of fused-ring (bicyclic) bond motifs is 1. The number of hydrogen-bond donors (Lipinski definition) is 0. The van der Waals surface area contributed by atoms with Gasteiger partial charge in [-0.05, 0) is 48.9 Å². The lowest BCUT2D eigenvalue weighted by Gasteiger charge is -2.28. The highest BCUT2D eigenvalue weighted by atomic mass is 32.2. The molecule has 0 aliphatic carbocycles. The van der Waals surface area contributed by atoms with Crippen LogP contribution in [0.5, 0.6) is 0 Å². The fourth-order valence-electron chi connectivity index (χ4n) is 4.13. The number of nitrogens with zero attached hydrogens (tertiary/aromatic N) is 1. The molecule has 2 heterocycles. The van der Waals surface area contributed by atoms with Gasteiger partial charge in [-0.3, -0.25) is 4.79 Å². The van der Waals surface area contributed by atoms with E-state index in [9.17, 15) is 13.2 Å². The van der Waals surface area contributed by atoms with E-state index in [1.165, 1.54) is 11.1 Å². The lowest BCUT2D eigenvalue weighted by Crippen LogP contribution is -2.42. The molecular weight excluding hydrogens is 374 g/mol. The van der Waals surface area contributed by atoms with Crippen LogP contribution in [0.3, 0.4) is 0 Å². The first-order valence-corrected chi connectivity index (χ1v) is 12.0. The number of furan rings is 1. The summed E-state index contributed by atoms with van der Waals surface area (Å²) in [5.41, 5.74) is 4.13. The van der Waals surface area contributed by atoms with Crippen LogP contribution in [0.4, 0.5) is 0 Å². The molecule has 0 bridgehead atoms. The Morgan fingerprint density at radius 2 is 2.07 bits per heavy atom. The van der Waals surface area contributed by atoms with Gasteiger partial charge in [-0.1, -0.05) is 27.2 Å². The quantitative estimate of drug-likeness (QED) is 0.691. The van der Waals surface area contributed by atoms with Crippen molar-refractivity contribution in [1.82, 2.24) is 4.90 Å². The highest BCUT2D eigenvalue weighted by Crippen LogP contribution is 2.30. The molecule has 0 radical (unpaired) electrons. The van der Waals surface area contributed by atoms with Crippen molar-refractivity contribution in [3.05, 3.63) is 35.1 Å². The predicted octanol–water partition coefficient (Wildman–Crippen LogP) is 4.22. The summed E-state index contributed by atoms with van der Waals surface area (Å²) in [5, 5.41) is 0.983. The van der Waals surface area contributed by atoms with Gasteiger partial charge in [0.05, 0.1) is 24.2 Å². The van der Waals surface area contributed by atoms with E-state index < -0.39 is 9.84 Å². The number of rotatable bonds is 7. The van der Waals surface area contributed by atoms with Crippen LogP contribution in [0, 0.1) is 6.92 Å². The topological polar surface area (TPSA) is 67.6 Å². The van der Waals surface area contributed by atoms with Crippen molar-refractivity contribution in [2.24, 2.45) is 0 Å². The highest BCUT2D eigenvalue weighted by molar-refractivity contribution is 7.91. The Hall–Kier alpha value is -1.82. The summed E-state index contributed by atoms with van der Waals surface area (Å²) >= 11 is 0. The van der Waals surface area contributed by atoms with Crippen molar-refractivity contribution in [2.45, 2.75) is 65.3 Å². The number of carbonyl (C=O) groups excluding carboxylic acids is 1. The number of amides is 1. The Morgan fingerprint density at radius 3 is 2.68 bits per heavy atom. The summed E-state index contributed by atoms with van der Waals surface area (Å²) in [6, 6.07) is 3.98. The van der Waals surface area contributed by atoms with E-state index in [0.29, 0.717) is 18.9 Å². The van der Waals surface area contributed by atoms with Gasteiger partial charge in [-0.2, -0.15) is 0 Å². The van der Waals surface area contributed by atoms with Gasteiger partial charge in [0.15, 0.2) is 9.84 Å². The minimum atomic E-state index is -3.03. The predicted molar refractivity (Wildman–Crippen MR) is 112 cm³/mol. The highest BCUT2D eigenvalue weighted by Gasteiger charge is 2.34. The van der Waals surface area contributed by atoms with Crippen molar-refractivity contribution in [3.8, 4) is 0 Å². The molecule has 0 N–H and O–H groups in total. The smallest absolute Gasteiger partial charge is 0.227 e. The number of aryl methyl sites for hydroxylation is 1. The van der Waals surface area contributed by atoms with Crippen molar-refractivity contribution in [1.29, 1.82) is 0 Å². The van der Waals surface area contributed by atoms with Gasteiger partial charge in [0.2, 0.25) is 5.91 Å². The number of sulfone groups is 1. The zero-order valence-corrected chi connectivity index (χ0v) is 18.1. The van der Waals surface area contributed by atoms with Crippen LogP contribution in [0.15, 0.2) is 22.8 Å². The second-order valence-electron chi connectivity index (χ2n) is 8.29. The molecule has 1 fully saturated rings. The zero-order chi connectivity index (χ0) is 20.5. The van der Waals surface area contributed by atoms with Crippen molar-refractivity contribution >= 4 is 26.7 Å². The van der Waals surface area contributed by atoms with Gasteiger partial charge in [-0.25, -0.2) is 8.42 Å². The third-order valence-electron chi connectivity index (χ3n) is 5.73. The largest absolute Gasteiger partial charge is 0.464 e. The monoisotopic (exact) mass is 405 g/mol. The van der Waals surface area contributed by atoms with Crippen LogP contribution in [0.25, 0.3) is 11.0 Å². The maximum atomic E-state index is 13.1. The molecule has 5 nitrogen and oxygen atoms in total. The number of benzene rings is 1. The molecule has 1 aliphatic rings. The first-order chi connectivity index (χ1) is 13.2. The molecule has 28 heavy (non-hydrogen) atoms. The summed E-state index contributed by atoms with van der Waals surface area (Å²) < 4.78 is 29.5.